The van der Waals surface area contributed by atoms with E-state index in [0.717, 1.165) is 11.3 Å². The predicted octanol–water partition coefficient (Wildman–Crippen LogP) is 1.51. The Hall–Kier alpha value is -0.620. The van der Waals surface area contributed by atoms with Crippen molar-refractivity contribution < 1.29 is 15.0 Å². The van der Waals surface area contributed by atoms with Crippen molar-refractivity contribution in [2.75, 3.05) is 13.2 Å². The van der Waals surface area contributed by atoms with Gasteiger partial charge in [-0.15, -0.1) is 11.3 Å². The van der Waals surface area contributed by atoms with Gasteiger partial charge in [0.1, 0.15) is 0 Å². The highest BCUT2D eigenvalue weighted by Gasteiger charge is 2.09. The molecule has 0 radical (unpaired) electrons. The van der Waals surface area contributed by atoms with Gasteiger partial charge in [0.2, 0.25) is 0 Å². The number of nitrogens with one attached hydrogen (secondary N) is 1. The maximum absolute atomic E-state index is 11.3. The molecule has 0 bridgehead atoms. The summed E-state index contributed by atoms with van der Waals surface area (Å²) < 4.78 is 0.540. The van der Waals surface area contributed by atoms with E-state index in [1.807, 2.05) is 13.8 Å². The molecule has 1 atom stereocenters. The fourth-order valence-electron chi connectivity index (χ4n) is 0.799. The van der Waals surface area contributed by atoms with Crippen LogP contribution in [-0.2, 0) is 0 Å². The van der Waals surface area contributed by atoms with Gasteiger partial charge in [-0.05, 0) is 12.1 Å². The van der Waals surface area contributed by atoms with E-state index in [1.165, 1.54) is 0 Å². The molecule has 92 valence electrons. The molecule has 0 saturated carbocycles. The lowest BCUT2D eigenvalue weighted by Gasteiger charge is -2.07. The molecular formula is C10H16ClNO3S. The molecule has 3 N–H and O–H groups in total. The van der Waals surface area contributed by atoms with Crippen molar-refractivity contribution in [1.29, 1.82) is 0 Å². The lowest BCUT2D eigenvalue weighted by molar-refractivity contribution is 0.0804. The van der Waals surface area contributed by atoms with Crippen molar-refractivity contribution in [3.63, 3.8) is 0 Å². The zero-order valence-corrected chi connectivity index (χ0v) is 10.8. The van der Waals surface area contributed by atoms with Crippen LogP contribution >= 0.6 is 22.9 Å². The summed E-state index contributed by atoms with van der Waals surface area (Å²) in [6.45, 7) is 3.66. The number of carbonyl (C=O) groups is 1. The second-order valence-corrected chi connectivity index (χ2v) is 4.37. The molecule has 1 aromatic heterocycles. The van der Waals surface area contributed by atoms with Crippen LogP contribution in [0.3, 0.4) is 0 Å². The molecule has 4 nitrogen and oxygen atoms in total. The molecule has 0 aliphatic carbocycles. The molecule has 0 aromatic carbocycles. The van der Waals surface area contributed by atoms with Gasteiger partial charge in [-0.3, -0.25) is 4.79 Å². The lowest BCUT2D eigenvalue weighted by atomic mass is 10.3. The summed E-state index contributed by atoms with van der Waals surface area (Å²) in [4.78, 5) is 11.8. The lowest BCUT2D eigenvalue weighted by Crippen LogP contribution is -2.33. The molecular weight excluding hydrogens is 250 g/mol. The van der Waals surface area contributed by atoms with Crippen LogP contribution in [0.5, 0.6) is 0 Å². The monoisotopic (exact) mass is 265 g/mol. The Balaban J connectivity index is 0.00000106. The number of hydrogen-bond acceptors (Lipinski definition) is 4. The Morgan fingerprint density at radius 1 is 1.56 bits per heavy atom. The second-order valence-electron chi connectivity index (χ2n) is 2.65. The van der Waals surface area contributed by atoms with Gasteiger partial charge in [0.15, 0.2) is 0 Å². The quantitative estimate of drug-likeness (QED) is 0.773. The molecule has 0 fully saturated rings. The molecule has 0 aliphatic heterocycles. The first-order valence-electron chi connectivity index (χ1n) is 4.96. The number of rotatable bonds is 4. The molecule has 0 unspecified atom stereocenters. The van der Waals surface area contributed by atoms with E-state index in [1.54, 1.807) is 12.1 Å². The summed E-state index contributed by atoms with van der Waals surface area (Å²) in [6.07, 6.45) is -0.922. The third-order valence-electron chi connectivity index (χ3n) is 1.51. The Labute approximate surface area is 104 Å². The smallest absolute Gasteiger partial charge is 0.261 e. The highest BCUT2D eigenvalue weighted by molar-refractivity contribution is 7.17. The zero-order valence-electron chi connectivity index (χ0n) is 9.24. The van der Waals surface area contributed by atoms with Crippen LogP contribution in [0.4, 0.5) is 0 Å². The largest absolute Gasteiger partial charge is 0.394 e. The second kappa shape index (κ2) is 8.52. The SMILES string of the molecule is CC.O=C(NC[C@H](O)CO)c1ccc(Cl)s1. The van der Waals surface area contributed by atoms with E-state index in [0.29, 0.717) is 9.21 Å². The van der Waals surface area contributed by atoms with E-state index in [2.05, 4.69) is 5.32 Å². The number of carbonyl (C=O) groups excluding carboxylic acids is 1. The molecule has 6 heteroatoms. The third kappa shape index (κ3) is 5.46. The van der Waals surface area contributed by atoms with E-state index < -0.39 is 6.10 Å². The van der Waals surface area contributed by atoms with Gasteiger partial charge in [0.25, 0.3) is 5.91 Å². The average molecular weight is 266 g/mol. The van der Waals surface area contributed by atoms with Crippen molar-refractivity contribution in [3.8, 4) is 0 Å². The van der Waals surface area contributed by atoms with Crippen LogP contribution in [0.2, 0.25) is 4.34 Å². The standard InChI is InChI=1S/C8H10ClNO3S.C2H6/c9-7-2-1-6(14-7)8(13)10-3-5(12)4-11;1-2/h1-2,5,11-12H,3-4H2,(H,10,13);1-2H3/t5-;/m0./s1. The maximum Gasteiger partial charge on any atom is 0.261 e. The van der Waals surface area contributed by atoms with Crippen molar-refractivity contribution in [2.24, 2.45) is 0 Å². The van der Waals surface area contributed by atoms with Crippen molar-refractivity contribution in [2.45, 2.75) is 20.0 Å². The summed E-state index contributed by atoms with van der Waals surface area (Å²) >= 11 is 6.81. The van der Waals surface area contributed by atoms with Gasteiger partial charge in [0.05, 0.1) is 21.9 Å². The average Bonchev–Trinajstić information content (AvgIpc) is 2.75. The first kappa shape index (κ1) is 15.4. The molecule has 1 rings (SSSR count). The molecule has 0 saturated heterocycles. The maximum atomic E-state index is 11.3. The number of amides is 1. The van der Waals surface area contributed by atoms with Gasteiger partial charge >= 0.3 is 0 Å². The van der Waals surface area contributed by atoms with Crippen LogP contribution < -0.4 is 5.32 Å². The molecule has 1 amide bonds. The van der Waals surface area contributed by atoms with E-state index in [-0.39, 0.29) is 19.1 Å². The van der Waals surface area contributed by atoms with Crippen LogP contribution in [0, 0.1) is 0 Å². The summed E-state index contributed by atoms with van der Waals surface area (Å²) in [7, 11) is 0. The Morgan fingerprint density at radius 2 is 2.19 bits per heavy atom. The van der Waals surface area contributed by atoms with Gasteiger partial charge < -0.3 is 15.5 Å². The van der Waals surface area contributed by atoms with Crippen molar-refractivity contribution in [1.82, 2.24) is 5.32 Å². The number of thiophene rings is 1. The summed E-state index contributed by atoms with van der Waals surface area (Å²) in [5.41, 5.74) is 0. The molecule has 1 heterocycles. The highest BCUT2D eigenvalue weighted by Crippen LogP contribution is 2.20. The highest BCUT2D eigenvalue weighted by atomic mass is 35.5. The van der Waals surface area contributed by atoms with E-state index >= 15 is 0 Å². The van der Waals surface area contributed by atoms with E-state index in [4.69, 9.17) is 21.8 Å². The molecule has 0 aliphatic rings. The van der Waals surface area contributed by atoms with Crippen LogP contribution in [0.25, 0.3) is 0 Å². The predicted molar refractivity (Wildman–Crippen MR) is 66.1 cm³/mol. The van der Waals surface area contributed by atoms with Crippen LogP contribution in [0.1, 0.15) is 23.5 Å². The first-order valence-corrected chi connectivity index (χ1v) is 6.15. The number of aliphatic hydroxyl groups excluding tert-OH is 2. The molecule has 1 aromatic rings. The third-order valence-corrected chi connectivity index (χ3v) is 2.74. The summed E-state index contributed by atoms with van der Waals surface area (Å²) in [5.74, 6) is -0.297. The Bertz CT molecular complexity index is 317. The van der Waals surface area contributed by atoms with Gasteiger partial charge in [-0.25, -0.2) is 0 Å². The van der Waals surface area contributed by atoms with Crippen molar-refractivity contribution in [3.05, 3.63) is 21.3 Å². The molecule has 0 spiro atoms. The van der Waals surface area contributed by atoms with Crippen LogP contribution in [0.15, 0.2) is 12.1 Å². The Kier molecular flexibility index (Phi) is 8.19. The van der Waals surface area contributed by atoms with E-state index in [9.17, 15) is 4.79 Å². The fraction of sp³-hybridized carbons (Fsp3) is 0.500. The summed E-state index contributed by atoms with van der Waals surface area (Å²) in [5, 5.41) is 19.9. The van der Waals surface area contributed by atoms with Crippen molar-refractivity contribution >= 4 is 28.8 Å². The normalized spacial score (nSPS) is 11.3. The van der Waals surface area contributed by atoms with Gasteiger partial charge in [-0.1, -0.05) is 25.4 Å². The minimum atomic E-state index is -0.922. The minimum Gasteiger partial charge on any atom is -0.394 e. The zero-order chi connectivity index (χ0) is 12.6. The molecule has 16 heavy (non-hydrogen) atoms. The van der Waals surface area contributed by atoms with Crippen LogP contribution in [-0.4, -0.2) is 35.4 Å². The summed E-state index contributed by atoms with van der Waals surface area (Å²) in [6, 6.07) is 3.23. The topological polar surface area (TPSA) is 69.6 Å². The Morgan fingerprint density at radius 3 is 2.62 bits per heavy atom. The number of halogens is 1. The number of hydrogen-bond donors (Lipinski definition) is 3. The minimum absolute atomic E-state index is 0.0326. The van der Waals surface area contributed by atoms with Gasteiger partial charge in [-0.2, -0.15) is 0 Å². The fourth-order valence-corrected chi connectivity index (χ4v) is 1.76. The van der Waals surface area contributed by atoms with Gasteiger partial charge in [0, 0.05) is 6.54 Å². The number of aliphatic hydroxyl groups is 2. The first-order chi connectivity index (χ1) is 7.63.